The summed E-state index contributed by atoms with van der Waals surface area (Å²) in [4.78, 5) is 21.2. The first kappa shape index (κ1) is 14.5. The smallest absolute Gasteiger partial charge is 0.412 e. The van der Waals surface area contributed by atoms with Crippen molar-refractivity contribution in [2.45, 2.75) is 26.4 Å². The number of carbonyl (C=O) groups is 1. The van der Waals surface area contributed by atoms with Gasteiger partial charge in [-0.1, -0.05) is 0 Å². The molecule has 6 nitrogen and oxygen atoms in total. The van der Waals surface area contributed by atoms with Gasteiger partial charge in [0.15, 0.2) is 5.82 Å². The highest BCUT2D eigenvalue weighted by Crippen LogP contribution is 2.22. The standard InChI is InChI=1S/C11H17ClN4O2/c1-11(2,3)18-10(17)14-7-6-13-9(12)15-8(7)16(4)5/h6H,1-5H3,(H,14,17). The van der Waals surface area contributed by atoms with Crippen molar-refractivity contribution in [3.63, 3.8) is 0 Å². The topological polar surface area (TPSA) is 67.4 Å². The molecule has 0 atom stereocenters. The number of ether oxygens (including phenoxy) is 1. The second-order valence-electron chi connectivity index (χ2n) is 4.90. The fraction of sp³-hybridized carbons (Fsp3) is 0.545. The summed E-state index contributed by atoms with van der Waals surface area (Å²) in [6.07, 6.45) is 0.880. The molecule has 0 saturated carbocycles. The fourth-order valence-electron chi connectivity index (χ4n) is 1.19. The van der Waals surface area contributed by atoms with E-state index in [1.165, 1.54) is 6.20 Å². The minimum Gasteiger partial charge on any atom is -0.444 e. The van der Waals surface area contributed by atoms with E-state index in [-0.39, 0.29) is 5.28 Å². The molecule has 1 amide bonds. The molecule has 0 unspecified atom stereocenters. The maximum Gasteiger partial charge on any atom is 0.412 e. The van der Waals surface area contributed by atoms with Crippen molar-refractivity contribution in [1.82, 2.24) is 9.97 Å². The Morgan fingerprint density at radius 2 is 2.06 bits per heavy atom. The Labute approximate surface area is 111 Å². The van der Waals surface area contributed by atoms with Gasteiger partial charge < -0.3 is 9.64 Å². The maximum atomic E-state index is 11.6. The maximum absolute atomic E-state index is 11.6. The molecule has 1 rings (SSSR count). The van der Waals surface area contributed by atoms with Crippen LogP contribution in [0.2, 0.25) is 5.28 Å². The Morgan fingerprint density at radius 3 is 2.56 bits per heavy atom. The third-order valence-corrected chi connectivity index (χ3v) is 1.98. The summed E-state index contributed by atoms with van der Waals surface area (Å²) in [7, 11) is 3.58. The summed E-state index contributed by atoms with van der Waals surface area (Å²) in [6, 6.07) is 0. The molecule has 7 heteroatoms. The highest BCUT2D eigenvalue weighted by molar-refractivity contribution is 6.28. The van der Waals surface area contributed by atoms with Crippen molar-refractivity contribution >= 4 is 29.2 Å². The van der Waals surface area contributed by atoms with Gasteiger partial charge in [-0.25, -0.2) is 9.78 Å². The third-order valence-electron chi connectivity index (χ3n) is 1.80. The van der Waals surface area contributed by atoms with Gasteiger partial charge in [0.2, 0.25) is 5.28 Å². The van der Waals surface area contributed by atoms with Crippen molar-refractivity contribution in [3.8, 4) is 0 Å². The van der Waals surface area contributed by atoms with Crippen LogP contribution in [0.3, 0.4) is 0 Å². The van der Waals surface area contributed by atoms with E-state index < -0.39 is 11.7 Å². The van der Waals surface area contributed by atoms with Gasteiger partial charge in [-0.2, -0.15) is 4.98 Å². The van der Waals surface area contributed by atoms with E-state index >= 15 is 0 Å². The van der Waals surface area contributed by atoms with E-state index in [1.54, 1.807) is 39.8 Å². The molecule has 1 N–H and O–H groups in total. The largest absolute Gasteiger partial charge is 0.444 e. The van der Waals surface area contributed by atoms with E-state index in [9.17, 15) is 4.79 Å². The molecular weight excluding hydrogens is 256 g/mol. The second kappa shape index (κ2) is 5.39. The van der Waals surface area contributed by atoms with Crippen molar-refractivity contribution in [2.75, 3.05) is 24.3 Å². The minimum atomic E-state index is -0.560. The van der Waals surface area contributed by atoms with Gasteiger partial charge in [0, 0.05) is 14.1 Å². The Morgan fingerprint density at radius 1 is 1.44 bits per heavy atom. The minimum absolute atomic E-state index is 0.119. The average Bonchev–Trinajstić information content (AvgIpc) is 2.17. The van der Waals surface area contributed by atoms with Crippen LogP contribution in [0.25, 0.3) is 0 Å². The SMILES string of the molecule is CN(C)c1nc(Cl)ncc1NC(=O)OC(C)(C)C. The molecule has 0 fully saturated rings. The van der Waals surface area contributed by atoms with Crippen molar-refractivity contribution in [1.29, 1.82) is 0 Å². The number of nitrogens with one attached hydrogen (secondary N) is 1. The van der Waals surface area contributed by atoms with E-state index in [0.717, 1.165) is 0 Å². The average molecular weight is 273 g/mol. The van der Waals surface area contributed by atoms with Crippen LogP contribution in [0.5, 0.6) is 0 Å². The summed E-state index contributed by atoms with van der Waals surface area (Å²) >= 11 is 5.71. The molecule has 0 spiro atoms. The first-order valence-corrected chi connectivity index (χ1v) is 5.77. The first-order chi connectivity index (χ1) is 8.19. The van der Waals surface area contributed by atoms with E-state index in [0.29, 0.717) is 11.5 Å². The van der Waals surface area contributed by atoms with Gasteiger partial charge >= 0.3 is 6.09 Å². The highest BCUT2D eigenvalue weighted by atomic mass is 35.5. The molecule has 100 valence electrons. The lowest BCUT2D eigenvalue weighted by Crippen LogP contribution is -2.28. The Balaban J connectivity index is 2.88. The lowest BCUT2D eigenvalue weighted by atomic mass is 10.2. The molecule has 0 aliphatic heterocycles. The molecule has 0 saturated heterocycles. The zero-order valence-corrected chi connectivity index (χ0v) is 11.9. The molecular formula is C11H17ClN4O2. The number of rotatable bonds is 2. The van der Waals surface area contributed by atoms with Crippen LogP contribution in [-0.4, -0.2) is 35.8 Å². The number of hydrogen-bond acceptors (Lipinski definition) is 5. The van der Waals surface area contributed by atoms with Crippen molar-refractivity contribution < 1.29 is 9.53 Å². The summed E-state index contributed by atoms with van der Waals surface area (Å²) in [5.74, 6) is 0.515. The zero-order chi connectivity index (χ0) is 13.9. The molecule has 0 bridgehead atoms. The molecule has 0 aromatic carbocycles. The number of hydrogen-bond donors (Lipinski definition) is 1. The molecule has 1 aromatic heterocycles. The Bertz CT molecular complexity index is 443. The molecule has 1 aromatic rings. The van der Waals surface area contributed by atoms with Crippen molar-refractivity contribution in [2.24, 2.45) is 0 Å². The van der Waals surface area contributed by atoms with Crippen LogP contribution in [0.4, 0.5) is 16.3 Å². The molecule has 18 heavy (non-hydrogen) atoms. The zero-order valence-electron chi connectivity index (χ0n) is 11.1. The summed E-state index contributed by atoms with van der Waals surface area (Å²) in [6.45, 7) is 5.37. The third kappa shape index (κ3) is 4.37. The van der Waals surface area contributed by atoms with Crippen LogP contribution < -0.4 is 10.2 Å². The lowest BCUT2D eigenvalue weighted by molar-refractivity contribution is 0.0636. The van der Waals surface area contributed by atoms with E-state index in [4.69, 9.17) is 16.3 Å². The van der Waals surface area contributed by atoms with Gasteiger partial charge in [0.05, 0.1) is 6.20 Å². The van der Waals surface area contributed by atoms with E-state index in [1.807, 2.05) is 0 Å². The summed E-state index contributed by atoms with van der Waals surface area (Å²) in [5.41, 5.74) is -0.117. The van der Waals surface area contributed by atoms with Gasteiger partial charge in [-0.3, -0.25) is 5.32 Å². The normalized spacial score (nSPS) is 11.0. The van der Waals surface area contributed by atoms with Gasteiger partial charge in [0.25, 0.3) is 0 Å². The predicted molar refractivity (Wildman–Crippen MR) is 71.2 cm³/mol. The fourth-order valence-corrected chi connectivity index (χ4v) is 1.32. The summed E-state index contributed by atoms with van der Waals surface area (Å²) in [5, 5.41) is 2.71. The number of halogens is 1. The summed E-state index contributed by atoms with van der Waals surface area (Å²) < 4.78 is 5.15. The first-order valence-electron chi connectivity index (χ1n) is 5.39. The Hall–Kier alpha value is -1.56. The van der Waals surface area contributed by atoms with Gasteiger partial charge in [-0.15, -0.1) is 0 Å². The van der Waals surface area contributed by atoms with Crippen LogP contribution in [0, 0.1) is 0 Å². The molecule has 0 aliphatic carbocycles. The van der Waals surface area contributed by atoms with Gasteiger partial charge in [0.1, 0.15) is 11.3 Å². The van der Waals surface area contributed by atoms with Crippen molar-refractivity contribution in [3.05, 3.63) is 11.5 Å². The molecule has 0 aliphatic rings. The predicted octanol–water partition coefficient (Wildman–Crippen LogP) is 2.54. The number of aromatic nitrogens is 2. The Kier molecular flexibility index (Phi) is 4.34. The second-order valence-corrected chi connectivity index (χ2v) is 5.24. The lowest BCUT2D eigenvalue weighted by Gasteiger charge is -2.21. The molecule has 0 radical (unpaired) electrons. The number of nitrogens with zero attached hydrogens (tertiary/aromatic N) is 3. The quantitative estimate of drug-likeness (QED) is 0.838. The van der Waals surface area contributed by atoms with E-state index in [2.05, 4.69) is 15.3 Å². The number of anilines is 2. The van der Waals surface area contributed by atoms with Crippen LogP contribution >= 0.6 is 11.6 Å². The molecule has 1 heterocycles. The number of amides is 1. The van der Waals surface area contributed by atoms with Crippen LogP contribution in [-0.2, 0) is 4.74 Å². The van der Waals surface area contributed by atoms with Gasteiger partial charge in [-0.05, 0) is 32.4 Å². The highest BCUT2D eigenvalue weighted by Gasteiger charge is 2.18. The number of carbonyl (C=O) groups excluding carboxylic acids is 1. The monoisotopic (exact) mass is 272 g/mol. The van der Waals surface area contributed by atoms with Crippen LogP contribution in [0.1, 0.15) is 20.8 Å². The van der Waals surface area contributed by atoms with Crippen LogP contribution in [0.15, 0.2) is 6.20 Å².